The fourth-order valence-corrected chi connectivity index (χ4v) is 9.04. The van der Waals surface area contributed by atoms with Crippen molar-refractivity contribution in [1.82, 2.24) is 13.9 Å². The van der Waals surface area contributed by atoms with Crippen molar-refractivity contribution < 1.29 is 35.9 Å². The molecule has 2 heterocycles. The van der Waals surface area contributed by atoms with Gasteiger partial charge in [0, 0.05) is 55.8 Å². The number of fused-ring (bicyclic) bond motifs is 1. The molecule has 2 fully saturated rings. The number of nitrogens with zero attached hydrogens (tertiary/aromatic N) is 3. The van der Waals surface area contributed by atoms with Crippen molar-refractivity contribution in [3.8, 4) is 0 Å². The number of carbonyl (C=O) groups excluding carboxylic acids is 2. The van der Waals surface area contributed by atoms with E-state index in [1.807, 2.05) is 42.5 Å². The van der Waals surface area contributed by atoms with Gasteiger partial charge in [-0.2, -0.15) is 8.61 Å². The van der Waals surface area contributed by atoms with Crippen LogP contribution in [0.5, 0.6) is 0 Å². The van der Waals surface area contributed by atoms with Crippen LogP contribution in [0.4, 0.5) is 5.69 Å². The number of ether oxygens (including phenoxy) is 2. The highest BCUT2D eigenvalue weighted by Gasteiger charge is 2.30. The number of hydrogen-bond donors (Lipinski definition) is 1. The van der Waals surface area contributed by atoms with E-state index in [2.05, 4.69) is 5.32 Å². The number of aryl methyl sites for hydroxylation is 2. The molecular weight excluding hydrogens is 681 g/mol. The SMILES string of the molecule is Cc1ccc(S(=O)(=O)N2CCOCC2)cc1C(=O)NCCN(C(=O)c1cc(S(=O)(=O)N2CCOCC2)ccc1C)c1cccc2ccccc12. The zero-order valence-corrected chi connectivity index (χ0v) is 29.6. The normalized spacial score (nSPS) is 16.3. The van der Waals surface area contributed by atoms with Crippen molar-refractivity contribution in [1.29, 1.82) is 0 Å². The summed E-state index contributed by atoms with van der Waals surface area (Å²) < 4.78 is 67.0. The second-order valence-corrected chi connectivity index (χ2v) is 16.1. The molecule has 2 amide bonds. The van der Waals surface area contributed by atoms with Crippen molar-refractivity contribution in [2.45, 2.75) is 23.6 Å². The lowest BCUT2D eigenvalue weighted by molar-refractivity contribution is 0.0730. The maximum Gasteiger partial charge on any atom is 0.258 e. The summed E-state index contributed by atoms with van der Waals surface area (Å²) >= 11 is 0. The van der Waals surface area contributed by atoms with Crippen molar-refractivity contribution in [2.24, 2.45) is 0 Å². The van der Waals surface area contributed by atoms with Crippen LogP contribution in [-0.4, -0.2) is 103 Å². The van der Waals surface area contributed by atoms with Gasteiger partial charge < -0.3 is 19.7 Å². The minimum absolute atomic E-state index is 0.0157. The highest BCUT2D eigenvalue weighted by Crippen LogP contribution is 2.30. The third kappa shape index (κ3) is 7.31. The van der Waals surface area contributed by atoms with Crippen LogP contribution < -0.4 is 10.2 Å². The smallest absolute Gasteiger partial charge is 0.258 e. The van der Waals surface area contributed by atoms with Gasteiger partial charge in [-0.3, -0.25) is 9.59 Å². The summed E-state index contributed by atoms with van der Waals surface area (Å²) in [5.41, 5.74) is 2.21. The first-order chi connectivity index (χ1) is 24.0. The van der Waals surface area contributed by atoms with Crippen molar-refractivity contribution in [3.05, 3.63) is 101 Å². The molecular formula is C36H40N4O8S2. The second kappa shape index (κ2) is 15.0. The van der Waals surface area contributed by atoms with Gasteiger partial charge >= 0.3 is 0 Å². The molecule has 0 unspecified atom stereocenters. The summed E-state index contributed by atoms with van der Waals surface area (Å²) in [7, 11) is -7.70. The van der Waals surface area contributed by atoms with Crippen LogP contribution in [-0.2, 0) is 29.5 Å². The molecule has 0 bridgehead atoms. The number of sulfonamides is 2. The van der Waals surface area contributed by atoms with E-state index in [-0.39, 0.29) is 60.2 Å². The largest absolute Gasteiger partial charge is 0.379 e. The van der Waals surface area contributed by atoms with E-state index in [9.17, 15) is 26.4 Å². The van der Waals surface area contributed by atoms with Crippen LogP contribution in [0.15, 0.2) is 88.7 Å². The molecule has 6 rings (SSSR count). The van der Waals surface area contributed by atoms with Crippen LogP contribution >= 0.6 is 0 Å². The first-order valence-electron chi connectivity index (χ1n) is 16.4. The summed E-state index contributed by atoms with van der Waals surface area (Å²) in [5, 5.41) is 4.58. The quantitative estimate of drug-likeness (QED) is 0.262. The summed E-state index contributed by atoms with van der Waals surface area (Å²) in [4.78, 5) is 29.6. The fraction of sp³-hybridized carbons (Fsp3) is 0.333. The third-order valence-corrected chi connectivity index (χ3v) is 12.8. The summed E-state index contributed by atoms with van der Waals surface area (Å²) in [6.07, 6.45) is 0. The molecule has 2 aliphatic rings. The van der Waals surface area contributed by atoms with Gasteiger partial charge in [-0.05, 0) is 60.7 Å². The molecule has 0 radical (unpaired) electrons. The molecule has 0 aromatic heterocycles. The molecule has 1 N–H and O–H groups in total. The Bertz CT molecular complexity index is 2120. The van der Waals surface area contributed by atoms with Crippen molar-refractivity contribution in [2.75, 3.05) is 70.6 Å². The molecule has 50 heavy (non-hydrogen) atoms. The highest BCUT2D eigenvalue weighted by atomic mass is 32.2. The predicted molar refractivity (Wildman–Crippen MR) is 189 cm³/mol. The number of benzene rings is 4. The molecule has 0 aliphatic carbocycles. The van der Waals surface area contributed by atoms with Gasteiger partial charge in [-0.1, -0.05) is 48.5 Å². The minimum atomic E-state index is -3.87. The van der Waals surface area contributed by atoms with Gasteiger partial charge in [0.25, 0.3) is 11.8 Å². The molecule has 4 aromatic rings. The van der Waals surface area contributed by atoms with Gasteiger partial charge in [0.05, 0.1) is 41.9 Å². The number of morpholine rings is 2. The zero-order valence-electron chi connectivity index (χ0n) is 28.0. The van der Waals surface area contributed by atoms with Crippen LogP contribution in [0, 0.1) is 13.8 Å². The van der Waals surface area contributed by atoms with E-state index in [0.717, 1.165) is 10.8 Å². The van der Waals surface area contributed by atoms with Gasteiger partial charge in [-0.25, -0.2) is 16.8 Å². The number of rotatable bonds is 10. The Balaban J connectivity index is 1.28. The Morgan fingerprint density at radius 3 is 1.82 bits per heavy atom. The summed E-state index contributed by atoms with van der Waals surface area (Å²) in [6.45, 7) is 5.67. The van der Waals surface area contributed by atoms with Crippen molar-refractivity contribution in [3.63, 3.8) is 0 Å². The number of anilines is 1. The van der Waals surface area contributed by atoms with Crippen LogP contribution in [0.3, 0.4) is 0 Å². The molecule has 2 saturated heterocycles. The van der Waals surface area contributed by atoms with E-state index < -0.39 is 31.9 Å². The lowest BCUT2D eigenvalue weighted by atomic mass is 10.0. The first-order valence-corrected chi connectivity index (χ1v) is 19.3. The standard InChI is InChI=1S/C36H40N4O8S2/c1-26-10-12-29(49(43,44)38-16-20-47-21-17-38)24-32(26)35(41)37-14-15-40(34-9-5-7-28-6-3-4-8-31(28)34)36(42)33-25-30(13-11-27(33)2)50(45,46)39-18-22-48-23-19-39/h3-13,24-25H,14-23H2,1-2H3,(H,37,41). The van der Waals surface area contributed by atoms with Crippen LogP contribution in [0.25, 0.3) is 10.8 Å². The van der Waals surface area contributed by atoms with Crippen molar-refractivity contribution >= 4 is 48.3 Å². The number of amides is 2. The van der Waals surface area contributed by atoms with E-state index in [1.54, 1.807) is 30.9 Å². The lowest BCUT2D eigenvalue weighted by Crippen LogP contribution is -2.41. The Labute approximate surface area is 292 Å². The van der Waals surface area contributed by atoms with Gasteiger partial charge in [0.2, 0.25) is 20.0 Å². The molecule has 264 valence electrons. The number of nitrogens with one attached hydrogen (secondary N) is 1. The zero-order chi connectivity index (χ0) is 35.5. The van der Waals surface area contributed by atoms with Crippen LogP contribution in [0.1, 0.15) is 31.8 Å². The topological polar surface area (TPSA) is 143 Å². The van der Waals surface area contributed by atoms with E-state index in [4.69, 9.17) is 9.47 Å². The average Bonchev–Trinajstić information content (AvgIpc) is 3.14. The highest BCUT2D eigenvalue weighted by molar-refractivity contribution is 7.89. The Kier molecular flexibility index (Phi) is 10.7. The molecule has 4 aromatic carbocycles. The van der Waals surface area contributed by atoms with Gasteiger partial charge in [0.15, 0.2) is 0 Å². The molecule has 14 heteroatoms. The fourth-order valence-electron chi connectivity index (χ4n) is 6.17. The lowest BCUT2D eigenvalue weighted by Gasteiger charge is -2.27. The molecule has 2 aliphatic heterocycles. The van der Waals surface area contributed by atoms with E-state index in [1.165, 1.54) is 32.9 Å². The summed E-state index contributed by atoms with van der Waals surface area (Å²) in [6, 6.07) is 22.2. The maximum absolute atomic E-state index is 14.5. The predicted octanol–water partition coefficient (Wildman–Crippen LogP) is 3.58. The molecule has 0 spiro atoms. The molecule has 0 atom stereocenters. The van der Waals surface area contributed by atoms with Crippen LogP contribution in [0.2, 0.25) is 0 Å². The molecule has 12 nitrogen and oxygen atoms in total. The Hall–Kier alpha value is -4.18. The van der Waals surface area contributed by atoms with E-state index >= 15 is 0 Å². The number of hydrogen-bond acceptors (Lipinski definition) is 8. The third-order valence-electron chi connectivity index (χ3n) is 9.03. The average molecular weight is 721 g/mol. The Morgan fingerprint density at radius 1 is 0.700 bits per heavy atom. The summed E-state index contributed by atoms with van der Waals surface area (Å²) in [5.74, 6) is -0.913. The first kappa shape index (κ1) is 35.6. The monoisotopic (exact) mass is 720 g/mol. The maximum atomic E-state index is 14.5. The number of carbonyl (C=O) groups is 2. The van der Waals surface area contributed by atoms with E-state index in [0.29, 0.717) is 43.2 Å². The Morgan fingerprint density at radius 2 is 1.22 bits per heavy atom. The molecule has 0 saturated carbocycles. The van der Waals surface area contributed by atoms with Gasteiger partial charge in [-0.15, -0.1) is 0 Å². The van der Waals surface area contributed by atoms with Gasteiger partial charge in [0.1, 0.15) is 0 Å². The second-order valence-electron chi connectivity index (χ2n) is 12.2. The minimum Gasteiger partial charge on any atom is -0.379 e.